The first-order valence-electron chi connectivity index (χ1n) is 11.9. The Labute approximate surface area is 218 Å². The van der Waals surface area contributed by atoms with Crippen LogP contribution in [0.4, 0.5) is 4.79 Å². The molecule has 4 saturated heterocycles. The van der Waals surface area contributed by atoms with Crippen molar-refractivity contribution in [3.8, 4) is 0 Å². The van der Waals surface area contributed by atoms with Crippen molar-refractivity contribution >= 4 is 57.0 Å². The Morgan fingerprint density at radius 2 is 1.94 bits per heavy atom. The van der Waals surface area contributed by atoms with Gasteiger partial charge in [0.2, 0.25) is 15.9 Å². The van der Waals surface area contributed by atoms with Crippen LogP contribution in [0.2, 0.25) is 4.34 Å². The second-order valence-corrected chi connectivity index (χ2v) is 13.5. The van der Waals surface area contributed by atoms with Gasteiger partial charge in [-0.1, -0.05) is 11.6 Å². The Morgan fingerprint density at radius 3 is 2.61 bits per heavy atom. The maximum atomic E-state index is 13.5. The summed E-state index contributed by atoms with van der Waals surface area (Å²) < 4.78 is 34.0. The molecule has 0 aromatic carbocycles. The van der Waals surface area contributed by atoms with Crippen molar-refractivity contribution in [2.24, 2.45) is 4.99 Å². The first-order valence-corrected chi connectivity index (χ1v) is 14.6. The number of likely N-dealkylation sites (N-methyl/N-ethyl adjacent to an activating group) is 1. The topological polar surface area (TPSA) is 106 Å². The fraction of sp³-hybridized carbons (Fsp3) is 0.591. The van der Waals surface area contributed by atoms with Gasteiger partial charge in [0.15, 0.2) is 5.66 Å². The molecule has 0 bridgehead atoms. The summed E-state index contributed by atoms with van der Waals surface area (Å²) in [6.45, 7) is 2.98. The minimum Gasteiger partial charge on any atom is -0.463 e. The van der Waals surface area contributed by atoms with Crippen LogP contribution in [0.25, 0.3) is 6.08 Å². The van der Waals surface area contributed by atoms with Crippen molar-refractivity contribution in [2.75, 3.05) is 59.5 Å². The lowest BCUT2D eigenvalue weighted by Gasteiger charge is -2.47. The Bertz CT molecular complexity index is 1270. The molecule has 36 heavy (non-hydrogen) atoms. The van der Waals surface area contributed by atoms with Crippen LogP contribution in [0.1, 0.15) is 17.7 Å². The summed E-state index contributed by atoms with van der Waals surface area (Å²) in [4.78, 5) is 39.3. The molecule has 1 atom stereocenters. The SMILES string of the molecule is CN1CC23CN(S(=O)(=O)/C=C/c4ccc(Cl)s4)CC(=O)N2CC2(CCN(C4=NCCO4)CC2)N3C1=O. The third kappa shape index (κ3) is 3.62. The van der Waals surface area contributed by atoms with E-state index in [1.165, 1.54) is 21.7 Å². The molecular weight excluding hydrogens is 528 g/mol. The van der Waals surface area contributed by atoms with Gasteiger partial charge in [0.25, 0.3) is 6.02 Å². The molecule has 5 aliphatic heterocycles. The number of carbonyl (C=O) groups is 2. The largest absolute Gasteiger partial charge is 0.463 e. The minimum atomic E-state index is -3.91. The summed E-state index contributed by atoms with van der Waals surface area (Å²) in [5, 5.41) is 1.12. The van der Waals surface area contributed by atoms with Gasteiger partial charge in [-0.2, -0.15) is 4.31 Å². The normalized spacial score (nSPS) is 28.3. The molecule has 6 rings (SSSR count). The van der Waals surface area contributed by atoms with Gasteiger partial charge in [-0.15, -0.1) is 11.3 Å². The van der Waals surface area contributed by atoms with Crippen molar-refractivity contribution in [3.63, 3.8) is 0 Å². The number of nitrogens with zero attached hydrogens (tertiary/aromatic N) is 6. The molecule has 4 fully saturated rings. The lowest BCUT2D eigenvalue weighted by Crippen LogP contribution is -2.68. The summed E-state index contributed by atoms with van der Waals surface area (Å²) in [5.41, 5.74) is -1.59. The second kappa shape index (κ2) is 8.33. The number of likely N-dealkylation sites (tertiary alicyclic amines) is 1. The molecule has 5 aliphatic rings. The maximum Gasteiger partial charge on any atom is 0.322 e. The highest BCUT2D eigenvalue weighted by atomic mass is 35.5. The Balaban J connectivity index is 1.29. The fourth-order valence-electron chi connectivity index (χ4n) is 6.18. The van der Waals surface area contributed by atoms with E-state index in [0.29, 0.717) is 60.9 Å². The lowest BCUT2D eigenvalue weighted by atomic mass is 9.86. The number of aliphatic imine (C=N–C) groups is 1. The van der Waals surface area contributed by atoms with Crippen LogP contribution in [0.15, 0.2) is 22.5 Å². The minimum absolute atomic E-state index is 0.0357. The van der Waals surface area contributed by atoms with E-state index in [4.69, 9.17) is 16.3 Å². The van der Waals surface area contributed by atoms with Gasteiger partial charge in [-0.3, -0.25) is 9.69 Å². The van der Waals surface area contributed by atoms with E-state index in [-0.39, 0.29) is 31.6 Å². The van der Waals surface area contributed by atoms with Crippen LogP contribution in [-0.4, -0.2) is 121 Å². The number of thiophene rings is 1. The average molecular weight is 555 g/mol. The van der Waals surface area contributed by atoms with Crippen LogP contribution in [0, 0.1) is 0 Å². The van der Waals surface area contributed by atoms with Crippen molar-refractivity contribution in [1.29, 1.82) is 0 Å². The predicted octanol–water partition coefficient (Wildman–Crippen LogP) is 1.14. The fourth-order valence-corrected chi connectivity index (χ4v) is 8.40. The molecule has 14 heteroatoms. The van der Waals surface area contributed by atoms with E-state index in [1.807, 2.05) is 4.90 Å². The van der Waals surface area contributed by atoms with Crippen LogP contribution in [-0.2, 0) is 19.6 Å². The monoisotopic (exact) mass is 554 g/mol. The van der Waals surface area contributed by atoms with Crippen molar-refractivity contribution in [2.45, 2.75) is 24.0 Å². The number of amides is 3. The molecule has 0 saturated carbocycles. The van der Waals surface area contributed by atoms with E-state index in [1.54, 1.807) is 29.0 Å². The number of hydrogen-bond donors (Lipinski definition) is 0. The number of amidine groups is 1. The summed E-state index contributed by atoms with van der Waals surface area (Å²) >= 11 is 7.23. The molecule has 0 radical (unpaired) electrons. The number of carbonyl (C=O) groups excluding carboxylic acids is 2. The third-order valence-corrected chi connectivity index (χ3v) is 10.4. The molecule has 0 N–H and O–H groups in total. The number of halogens is 1. The van der Waals surface area contributed by atoms with Gasteiger partial charge in [-0.25, -0.2) is 18.2 Å². The van der Waals surface area contributed by atoms with Gasteiger partial charge < -0.3 is 19.4 Å². The first kappa shape index (κ1) is 24.0. The molecule has 6 heterocycles. The van der Waals surface area contributed by atoms with Crippen LogP contribution in [0.5, 0.6) is 0 Å². The molecular formula is C22H27ClN6O5S2. The summed E-state index contributed by atoms with van der Waals surface area (Å²) in [7, 11) is -2.21. The lowest BCUT2D eigenvalue weighted by molar-refractivity contribution is -0.143. The molecule has 1 aromatic heterocycles. The number of piperazine rings is 1. The smallest absolute Gasteiger partial charge is 0.322 e. The zero-order chi connectivity index (χ0) is 25.3. The molecule has 194 valence electrons. The zero-order valence-electron chi connectivity index (χ0n) is 19.8. The van der Waals surface area contributed by atoms with Gasteiger partial charge in [0, 0.05) is 37.0 Å². The number of piperidine rings is 1. The van der Waals surface area contributed by atoms with Crippen LogP contribution >= 0.6 is 22.9 Å². The van der Waals surface area contributed by atoms with E-state index >= 15 is 0 Å². The number of rotatable bonds is 3. The first-order chi connectivity index (χ1) is 17.1. The van der Waals surface area contributed by atoms with Crippen LogP contribution < -0.4 is 0 Å². The van der Waals surface area contributed by atoms with E-state index in [9.17, 15) is 18.0 Å². The number of fused-ring (bicyclic) bond motifs is 1. The summed E-state index contributed by atoms with van der Waals surface area (Å²) in [6.07, 6.45) is 2.78. The molecule has 2 spiro atoms. The number of ether oxygens (including phenoxy) is 1. The van der Waals surface area contributed by atoms with E-state index in [2.05, 4.69) is 9.89 Å². The maximum absolute atomic E-state index is 13.5. The highest BCUT2D eigenvalue weighted by molar-refractivity contribution is 7.92. The van der Waals surface area contributed by atoms with Gasteiger partial charge in [-0.05, 0) is 31.1 Å². The Hall–Kier alpha value is -2.35. The van der Waals surface area contributed by atoms with Crippen LogP contribution in [0.3, 0.4) is 0 Å². The highest BCUT2D eigenvalue weighted by Crippen LogP contribution is 2.49. The standard InChI is InChI=1S/C22H27ClN6O5S2/c1-25-14-22-15-27(36(32,33)11-4-16-2-3-17(23)35-16)12-18(30)28(22)13-21(29(22)20(25)31)5-8-26(9-6-21)19-24-7-10-34-19/h2-4,11H,5-10,12-15H2,1H3/b11-4+. The molecule has 1 aromatic rings. The van der Waals surface area contributed by atoms with Gasteiger partial charge in [0.1, 0.15) is 6.61 Å². The number of hydrogen-bond acceptors (Lipinski definition) is 8. The zero-order valence-corrected chi connectivity index (χ0v) is 22.2. The average Bonchev–Trinajstić information content (AvgIpc) is 3.60. The highest BCUT2D eigenvalue weighted by Gasteiger charge is 2.69. The Morgan fingerprint density at radius 1 is 1.17 bits per heavy atom. The second-order valence-electron chi connectivity index (χ2n) is 9.92. The quantitative estimate of drug-likeness (QED) is 0.555. The van der Waals surface area contributed by atoms with E-state index in [0.717, 1.165) is 5.41 Å². The summed E-state index contributed by atoms with van der Waals surface area (Å²) in [6, 6.07) is 3.91. The molecule has 1 unspecified atom stereocenters. The number of sulfonamides is 1. The molecule has 3 amide bonds. The third-order valence-electron chi connectivity index (χ3n) is 7.79. The predicted molar refractivity (Wildman–Crippen MR) is 135 cm³/mol. The Kier molecular flexibility index (Phi) is 5.56. The van der Waals surface area contributed by atoms with Crippen molar-refractivity contribution in [3.05, 3.63) is 26.8 Å². The van der Waals surface area contributed by atoms with Gasteiger partial charge >= 0.3 is 6.03 Å². The molecule has 0 aliphatic carbocycles. The van der Waals surface area contributed by atoms with Crippen molar-refractivity contribution in [1.82, 2.24) is 23.9 Å². The molecule has 11 nitrogen and oxygen atoms in total. The van der Waals surface area contributed by atoms with Crippen molar-refractivity contribution < 1.29 is 22.7 Å². The van der Waals surface area contributed by atoms with Gasteiger partial charge in [0.05, 0.1) is 36.1 Å². The van der Waals surface area contributed by atoms with E-state index < -0.39 is 21.2 Å². The number of urea groups is 1. The summed E-state index contributed by atoms with van der Waals surface area (Å²) in [5.74, 6) is -0.284.